The molecule has 4 nitrogen and oxygen atoms in total. The van der Waals surface area contributed by atoms with Crippen molar-refractivity contribution < 1.29 is 5.11 Å². The van der Waals surface area contributed by atoms with Crippen molar-refractivity contribution in [3.63, 3.8) is 0 Å². The van der Waals surface area contributed by atoms with E-state index in [1.54, 1.807) is 35.9 Å². The highest BCUT2D eigenvalue weighted by atomic mass is 32.1. The Morgan fingerprint density at radius 1 is 1.05 bits per heavy atom. The number of hydrogen-bond donors (Lipinski definition) is 2. The lowest BCUT2D eigenvalue weighted by atomic mass is 10.1. The molecule has 112 valence electrons. The van der Waals surface area contributed by atoms with Crippen molar-refractivity contribution in [1.82, 2.24) is 15.3 Å². The molecule has 2 heterocycles. The fourth-order valence-electron chi connectivity index (χ4n) is 2.20. The van der Waals surface area contributed by atoms with Crippen molar-refractivity contribution in [3.8, 4) is 27.6 Å². The van der Waals surface area contributed by atoms with Crippen LogP contribution in [0.5, 0.6) is 5.75 Å². The maximum Gasteiger partial charge on any atom is 0.124 e. The summed E-state index contributed by atoms with van der Waals surface area (Å²) in [5.74, 6) is 0.261. The fourth-order valence-corrected chi connectivity index (χ4v) is 3.35. The Bertz CT molecular complexity index is 753. The summed E-state index contributed by atoms with van der Waals surface area (Å²) in [5.41, 5.74) is 3.03. The molecule has 5 heteroatoms. The summed E-state index contributed by atoms with van der Waals surface area (Å²) in [5, 5.41) is 13.7. The molecule has 0 aliphatic rings. The average molecular weight is 311 g/mol. The van der Waals surface area contributed by atoms with Gasteiger partial charge in [-0.25, -0.2) is 4.98 Å². The summed E-state index contributed by atoms with van der Waals surface area (Å²) in [6.07, 6.45) is 3.55. The average Bonchev–Trinajstić information content (AvgIpc) is 3.01. The van der Waals surface area contributed by atoms with Gasteiger partial charge in [0.05, 0.1) is 5.69 Å². The van der Waals surface area contributed by atoms with Crippen LogP contribution in [0, 0.1) is 0 Å². The molecule has 0 bridgehead atoms. The maximum atomic E-state index is 9.47. The predicted molar refractivity (Wildman–Crippen MR) is 89.9 cm³/mol. The van der Waals surface area contributed by atoms with E-state index >= 15 is 0 Å². The zero-order chi connectivity index (χ0) is 15.5. The minimum absolute atomic E-state index is 0.205. The third kappa shape index (κ3) is 2.86. The Labute approximate surface area is 133 Å². The topological polar surface area (TPSA) is 58.0 Å². The number of nitrogens with zero attached hydrogens (tertiary/aromatic N) is 2. The van der Waals surface area contributed by atoms with E-state index in [1.807, 2.05) is 31.3 Å². The van der Waals surface area contributed by atoms with Crippen LogP contribution in [0.1, 0.15) is 17.8 Å². The van der Waals surface area contributed by atoms with E-state index in [2.05, 4.69) is 17.2 Å². The van der Waals surface area contributed by atoms with Crippen molar-refractivity contribution in [3.05, 3.63) is 53.7 Å². The molecular weight excluding hydrogens is 294 g/mol. The molecular formula is C17H17N3OS. The van der Waals surface area contributed by atoms with E-state index in [1.165, 1.54) is 4.88 Å². The standard InChI is InChI=1S/C17H17N3OS/c1-11(18-2)16-15(12-3-5-14(21)6-4-12)20-17(22-16)13-7-9-19-10-8-13/h3-11,18,21H,1-2H3. The largest absolute Gasteiger partial charge is 0.508 e. The molecule has 1 aromatic carbocycles. The number of phenolic OH excluding ortho intramolecular Hbond substituents is 1. The van der Waals surface area contributed by atoms with Gasteiger partial charge in [-0.3, -0.25) is 4.98 Å². The minimum atomic E-state index is 0.205. The first-order valence-corrected chi connectivity index (χ1v) is 7.88. The van der Waals surface area contributed by atoms with E-state index in [0.29, 0.717) is 0 Å². The number of hydrogen-bond acceptors (Lipinski definition) is 5. The van der Waals surface area contributed by atoms with Gasteiger partial charge < -0.3 is 10.4 Å². The van der Waals surface area contributed by atoms with Gasteiger partial charge in [-0.2, -0.15) is 0 Å². The molecule has 0 fully saturated rings. The summed E-state index contributed by atoms with van der Waals surface area (Å²) in [6, 6.07) is 11.3. The van der Waals surface area contributed by atoms with Crippen molar-refractivity contribution in [2.24, 2.45) is 0 Å². The Hall–Kier alpha value is -2.24. The van der Waals surface area contributed by atoms with Crippen LogP contribution in [0.4, 0.5) is 0 Å². The van der Waals surface area contributed by atoms with Crippen molar-refractivity contribution in [1.29, 1.82) is 0 Å². The second-order valence-corrected chi connectivity index (χ2v) is 6.06. The number of thiazole rings is 1. The van der Waals surface area contributed by atoms with Crippen molar-refractivity contribution >= 4 is 11.3 Å². The summed E-state index contributed by atoms with van der Waals surface area (Å²) in [4.78, 5) is 10.1. The number of benzene rings is 1. The van der Waals surface area contributed by atoms with E-state index in [0.717, 1.165) is 21.8 Å². The quantitative estimate of drug-likeness (QED) is 0.768. The first kappa shape index (κ1) is 14.7. The smallest absolute Gasteiger partial charge is 0.124 e. The van der Waals surface area contributed by atoms with E-state index in [-0.39, 0.29) is 11.8 Å². The molecule has 1 atom stereocenters. The van der Waals surface area contributed by atoms with Gasteiger partial charge >= 0.3 is 0 Å². The van der Waals surface area contributed by atoms with Gasteiger partial charge in [-0.1, -0.05) is 0 Å². The minimum Gasteiger partial charge on any atom is -0.508 e. The highest BCUT2D eigenvalue weighted by molar-refractivity contribution is 7.15. The molecule has 2 aromatic heterocycles. The van der Waals surface area contributed by atoms with Crippen LogP contribution in [0.2, 0.25) is 0 Å². The molecule has 1 unspecified atom stereocenters. The van der Waals surface area contributed by atoms with Crippen molar-refractivity contribution in [2.75, 3.05) is 7.05 Å². The number of pyridine rings is 1. The van der Waals surface area contributed by atoms with E-state index in [4.69, 9.17) is 4.98 Å². The summed E-state index contributed by atoms with van der Waals surface area (Å²) >= 11 is 1.68. The molecule has 0 aliphatic heterocycles. The Kier molecular flexibility index (Phi) is 4.18. The monoisotopic (exact) mass is 311 g/mol. The lowest BCUT2D eigenvalue weighted by molar-refractivity contribution is 0.475. The molecule has 22 heavy (non-hydrogen) atoms. The van der Waals surface area contributed by atoms with Gasteiger partial charge in [-0.15, -0.1) is 11.3 Å². The molecule has 3 aromatic rings. The molecule has 0 saturated carbocycles. The summed E-state index contributed by atoms with van der Waals surface area (Å²) in [7, 11) is 1.94. The third-order valence-corrected chi connectivity index (χ3v) is 4.83. The summed E-state index contributed by atoms with van der Waals surface area (Å²) in [6.45, 7) is 2.12. The second kappa shape index (κ2) is 6.25. The van der Waals surface area contributed by atoms with E-state index in [9.17, 15) is 5.11 Å². The molecule has 3 rings (SSSR count). The SMILES string of the molecule is CNC(C)c1sc(-c2ccncc2)nc1-c1ccc(O)cc1. The van der Waals surface area contributed by atoms with Gasteiger partial charge in [0.15, 0.2) is 0 Å². The van der Waals surface area contributed by atoms with Gasteiger partial charge in [0.25, 0.3) is 0 Å². The number of phenols is 1. The normalized spacial score (nSPS) is 12.3. The van der Waals surface area contributed by atoms with Crippen LogP contribution in [-0.4, -0.2) is 22.1 Å². The summed E-state index contributed by atoms with van der Waals surface area (Å²) < 4.78 is 0. The highest BCUT2D eigenvalue weighted by Gasteiger charge is 2.18. The zero-order valence-electron chi connectivity index (χ0n) is 12.4. The highest BCUT2D eigenvalue weighted by Crippen LogP contribution is 2.37. The predicted octanol–water partition coefficient (Wildman–Crippen LogP) is 3.86. The number of aromatic hydroxyl groups is 1. The van der Waals surface area contributed by atoms with Crippen LogP contribution in [0.3, 0.4) is 0 Å². The fraction of sp³-hybridized carbons (Fsp3) is 0.176. The number of nitrogens with one attached hydrogen (secondary N) is 1. The van der Waals surface area contributed by atoms with Crippen LogP contribution < -0.4 is 5.32 Å². The second-order valence-electron chi connectivity index (χ2n) is 5.03. The number of rotatable bonds is 4. The zero-order valence-corrected chi connectivity index (χ0v) is 13.3. The maximum absolute atomic E-state index is 9.47. The molecule has 0 aliphatic carbocycles. The van der Waals surface area contributed by atoms with Gasteiger partial charge in [-0.05, 0) is 50.4 Å². The molecule has 0 amide bonds. The van der Waals surface area contributed by atoms with Gasteiger partial charge in [0, 0.05) is 34.4 Å². The van der Waals surface area contributed by atoms with Crippen molar-refractivity contribution in [2.45, 2.75) is 13.0 Å². The van der Waals surface area contributed by atoms with Crippen LogP contribution in [0.15, 0.2) is 48.8 Å². The van der Waals surface area contributed by atoms with Crippen LogP contribution in [0.25, 0.3) is 21.8 Å². The molecule has 2 N–H and O–H groups in total. The molecule has 0 radical (unpaired) electrons. The Morgan fingerprint density at radius 3 is 2.36 bits per heavy atom. The van der Waals surface area contributed by atoms with Crippen LogP contribution >= 0.6 is 11.3 Å². The first-order chi connectivity index (χ1) is 10.7. The van der Waals surface area contributed by atoms with Gasteiger partial charge in [0.1, 0.15) is 10.8 Å². The lowest BCUT2D eigenvalue weighted by Crippen LogP contribution is -2.11. The van der Waals surface area contributed by atoms with Gasteiger partial charge in [0.2, 0.25) is 0 Å². The third-order valence-electron chi connectivity index (χ3n) is 3.55. The van der Waals surface area contributed by atoms with Crippen LogP contribution in [-0.2, 0) is 0 Å². The Morgan fingerprint density at radius 2 is 1.73 bits per heavy atom. The molecule has 0 saturated heterocycles. The first-order valence-electron chi connectivity index (χ1n) is 7.07. The lowest BCUT2D eigenvalue weighted by Gasteiger charge is -2.09. The Balaban J connectivity index is 2.11. The number of aromatic nitrogens is 2. The van der Waals surface area contributed by atoms with E-state index < -0.39 is 0 Å². The molecule has 0 spiro atoms.